The molecule has 0 fully saturated rings. The number of ether oxygens (including phenoxy) is 4. The van der Waals surface area contributed by atoms with Crippen LogP contribution >= 0.6 is 0 Å². The molecule has 0 amide bonds. The lowest BCUT2D eigenvalue weighted by atomic mass is 9.95. The Labute approximate surface area is 456 Å². The maximum Gasteiger partial charge on any atom is 0.339 e. The highest BCUT2D eigenvalue weighted by Crippen LogP contribution is 2.26. The van der Waals surface area contributed by atoms with E-state index in [1.54, 1.807) is 0 Å². The lowest BCUT2D eigenvalue weighted by Crippen LogP contribution is -2.24. The van der Waals surface area contributed by atoms with Gasteiger partial charge < -0.3 is 18.9 Å². The summed E-state index contributed by atoms with van der Waals surface area (Å²) in [5, 5.41) is 0. The first-order valence-electron chi connectivity index (χ1n) is 31.7. The minimum absolute atomic E-state index is 0.0894. The fourth-order valence-electron chi connectivity index (χ4n) is 9.89. The minimum Gasteiger partial charge on any atom is -0.462 e. The van der Waals surface area contributed by atoms with Gasteiger partial charge in [0.2, 0.25) is 0 Å². The molecule has 0 aromatic heterocycles. The van der Waals surface area contributed by atoms with Crippen LogP contribution in [0.4, 0.5) is 0 Å². The highest BCUT2D eigenvalue weighted by Gasteiger charge is 2.33. The van der Waals surface area contributed by atoms with E-state index >= 15 is 0 Å². The van der Waals surface area contributed by atoms with E-state index in [0.29, 0.717) is 25.7 Å². The van der Waals surface area contributed by atoms with Crippen LogP contribution in [0, 0.1) is 23.7 Å². The average Bonchev–Trinajstić information content (AvgIpc) is 3.36. The first-order valence-corrected chi connectivity index (χ1v) is 31.7. The molecule has 1 aromatic rings. The Balaban J connectivity index is 3.07. The predicted molar refractivity (Wildman–Crippen MR) is 312 cm³/mol. The van der Waals surface area contributed by atoms with Crippen molar-refractivity contribution in [3.8, 4) is 0 Å². The SMILES string of the molecule is CC(C)CCCCCCCCCCCOC(=O)c1ccc(C(=O)OCCCCCCCCCCCC(C)C)c(C(=O)OCCCCCCCCCCCC(C)C)c1C(=O)OCCCCCCCCCCCC(C)C. The second-order valence-corrected chi connectivity index (χ2v) is 23.9. The quantitative estimate of drug-likeness (QED) is 0.0361. The molecule has 1 rings (SSSR count). The Kier molecular flexibility index (Phi) is 45.3. The first-order chi connectivity index (χ1) is 35.8. The third kappa shape index (κ3) is 39.5. The van der Waals surface area contributed by atoms with Crippen molar-refractivity contribution < 1.29 is 38.1 Å². The molecule has 0 aliphatic heterocycles. The van der Waals surface area contributed by atoms with Gasteiger partial charge in [0.1, 0.15) is 0 Å². The molecule has 0 N–H and O–H groups in total. The van der Waals surface area contributed by atoms with Crippen LogP contribution < -0.4 is 0 Å². The predicted octanol–water partition coefficient (Wildman–Crippen LogP) is 20.5. The standard InChI is InChI=1S/C66H118O8/c1-55(2)45-37-29-21-13-9-17-25-33-41-51-71-63(67)59-49-50-60(64(68)72-52-42-34-26-18-10-14-22-30-38-46-56(3)4)62(66(70)74-54-44-36-28-20-12-16-24-32-40-48-58(7)8)61(59)65(69)73-53-43-35-27-19-11-15-23-31-39-47-57(5)6/h49-50,55-58H,9-48,51-54H2,1-8H3. The van der Waals surface area contributed by atoms with Gasteiger partial charge in [0, 0.05) is 0 Å². The van der Waals surface area contributed by atoms with Crippen LogP contribution in [0.25, 0.3) is 0 Å². The van der Waals surface area contributed by atoms with Crippen molar-refractivity contribution >= 4 is 23.9 Å². The van der Waals surface area contributed by atoms with Crippen molar-refractivity contribution in [1.82, 2.24) is 0 Å². The van der Waals surface area contributed by atoms with Crippen LogP contribution in [0.15, 0.2) is 12.1 Å². The highest BCUT2D eigenvalue weighted by molar-refractivity contribution is 6.15. The molecule has 0 saturated carbocycles. The van der Waals surface area contributed by atoms with Crippen molar-refractivity contribution in [2.45, 2.75) is 312 Å². The van der Waals surface area contributed by atoms with Gasteiger partial charge in [-0.25, -0.2) is 19.2 Å². The molecule has 1 aromatic carbocycles. The average molecular weight is 1040 g/mol. The normalized spacial score (nSPS) is 11.6. The number of unbranched alkanes of at least 4 members (excludes halogenated alkanes) is 32. The van der Waals surface area contributed by atoms with E-state index in [9.17, 15) is 19.2 Å². The van der Waals surface area contributed by atoms with E-state index in [0.717, 1.165) is 101 Å². The largest absolute Gasteiger partial charge is 0.462 e. The molecular weight excluding hydrogens is 921 g/mol. The number of hydrogen-bond donors (Lipinski definition) is 0. The second-order valence-electron chi connectivity index (χ2n) is 23.9. The van der Waals surface area contributed by atoms with Gasteiger partial charge in [-0.05, 0) is 61.5 Å². The van der Waals surface area contributed by atoms with Gasteiger partial charge in [-0.1, -0.05) is 287 Å². The molecule has 0 saturated heterocycles. The highest BCUT2D eigenvalue weighted by atomic mass is 16.5. The Bertz CT molecular complexity index is 1400. The van der Waals surface area contributed by atoms with Crippen molar-refractivity contribution in [3.05, 3.63) is 34.4 Å². The number of rotatable bonds is 52. The van der Waals surface area contributed by atoms with E-state index < -0.39 is 23.9 Å². The molecule has 8 heteroatoms. The van der Waals surface area contributed by atoms with Crippen molar-refractivity contribution in [2.75, 3.05) is 26.4 Å². The summed E-state index contributed by atoms with van der Waals surface area (Å²) in [6, 6.07) is 2.84. The molecule has 0 aliphatic carbocycles. The monoisotopic (exact) mass is 1040 g/mol. The molecule has 0 bridgehead atoms. The minimum atomic E-state index is -0.826. The summed E-state index contributed by atoms with van der Waals surface area (Å²) in [5.74, 6) is 0.00472. The van der Waals surface area contributed by atoms with E-state index in [1.807, 2.05) is 0 Å². The summed E-state index contributed by atoms with van der Waals surface area (Å²) in [5.41, 5.74) is -0.710. The third-order valence-electron chi connectivity index (χ3n) is 14.7. The first kappa shape index (κ1) is 69.1. The van der Waals surface area contributed by atoms with Gasteiger partial charge >= 0.3 is 23.9 Å². The molecular formula is C66H118O8. The summed E-state index contributed by atoms with van der Waals surface area (Å²) >= 11 is 0. The maximum atomic E-state index is 14.2. The summed E-state index contributed by atoms with van der Waals surface area (Å²) in [6.07, 6.45) is 46.0. The van der Waals surface area contributed by atoms with Crippen molar-refractivity contribution in [2.24, 2.45) is 23.7 Å². The van der Waals surface area contributed by atoms with E-state index in [-0.39, 0.29) is 48.7 Å². The van der Waals surface area contributed by atoms with Crippen LogP contribution in [-0.4, -0.2) is 50.3 Å². The Hall–Kier alpha value is -2.90. The van der Waals surface area contributed by atoms with Gasteiger partial charge in [0.25, 0.3) is 0 Å². The topological polar surface area (TPSA) is 105 Å². The summed E-state index contributed by atoms with van der Waals surface area (Å²) < 4.78 is 23.3. The molecule has 0 radical (unpaired) electrons. The van der Waals surface area contributed by atoms with Crippen LogP contribution in [0.1, 0.15) is 354 Å². The van der Waals surface area contributed by atoms with E-state index in [2.05, 4.69) is 55.4 Å². The van der Waals surface area contributed by atoms with Gasteiger partial charge in [-0.3, -0.25) is 0 Å². The van der Waals surface area contributed by atoms with Crippen LogP contribution in [0.2, 0.25) is 0 Å². The zero-order chi connectivity index (χ0) is 54.3. The smallest absolute Gasteiger partial charge is 0.339 e. The van der Waals surface area contributed by atoms with E-state index in [4.69, 9.17) is 18.9 Å². The second kappa shape index (κ2) is 48.5. The molecule has 0 spiro atoms. The van der Waals surface area contributed by atoms with Gasteiger partial charge in [0.15, 0.2) is 0 Å². The number of esters is 4. The summed E-state index contributed by atoms with van der Waals surface area (Å²) in [4.78, 5) is 56.3. The maximum absolute atomic E-state index is 14.2. The van der Waals surface area contributed by atoms with E-state index in [1.165, 1.54) is 166 Å². The molecule has 0 atom stereocenters. The van der Waals surface area contributed by atoms with Crippen molar-refractivity contribution in [1.29, 1.82) is 0 Å². The van der Waals surface area contributed by atoms with Gasteiger partial charge in [0.05, 0.1) is 48.7 Å². The molecule has 0 unspecified atom stereocenters. The van der Waals surface area contributed by atoms with Crippen molar-refractivity contribution in [3.63, 3.8) is 0 Å². The fourth-order valence-corrected chi connectivity index (χ4v) is 9.89. The fraction of sp³-hybridized carbons (Fsp3) is 0.848. The number of carbonyl (C=O) groups is 4. The molecule has 74 heavy (non-hydrogen) atoms. The Morgan fingerprint density at radius 2 is 0.419 bits per heavy atom. The zero-order valence-electron chi connectivity index (χ0n) is 49.8. The van der Waals surface area contributed by atoms with Gasteiger partial charge in [-0.2, -0.15) is 0 Å². The van der Waals surface area contributed by atoms with Crippen LogP contribution in [0.5, 0.6) is 0 Å². The molecule has 8 nitrogen and oxygen atoms in total. The zero-order valence-corrected chi connectivity index (χ0v) is 49.8. The lowest BCUT2D eigenvalue weighted by molar-refractivity contribution is 0.0415. The summed E-state index contributed by atoms with van der Waals surface area (Å²) in [7, 11) is 0. The summed E-state index contributed by atoms with van der Waals surface area (Å²) in [6.45, 7) is 19.0. The third-order valence-corrected chi connectivity index (χ3v) is 14.7. The number of hydrogen-bond acceptors (Lipinski definition) is 8. The van der Waals surface area contributed by atoms with Crippen LogP contribution in [0.3, 0.4) is 0 Å². The number of benzene rings is 1. The van der Waals surface area contributed by atoms with Gasteiger partial charge in [-0.15, -0.1) is 0 Å². The molecule has 0 heterocycles. The molecule has 430 valence electrons. The number of carbonyl (C=O) groups excluding carboxylic acids is 4. The Morgan fingerprint density at radius 1 is 0.257 bits per heavy atom. The van der Waals surface area contributed by atoms with Crippen LogP contribution in [-0.2, 0) is 18.9 Å². The Morgan fingerprint density at radius 3 is 0.608 bits per heavy atom. The molecule has 0 aliphatic rings. The lowest BCUT2D eigenvalue weighted by Gasteiger charge is -2.17.